The van der Waals surface area contributed by atoms with Crippen LogP contribution in [0.5, 0.6) is 5.75 Å². The maximum Gasteiger partial charge on any atom is 0.263 e. The lowest BCUT2D eigenvalue weighted by Gasteiger charge is -2.19. The molecule has 9 heteroatoms. The molecule has 2 heterocycles. The fourth-order valence-corrected chi connectivity index (χ4v) is 5.69. The number of nitrogens with zero attached hydrogens (tertiary/aromatic N) is 2. The normalized spacial score (nSPS) is 17.5. The van der Waals surface area contributed by atoms with E-state index in [1.807, 2.05) is 36.4 Å². The van der Waals surface area contributed by atoms with Crippen LogP contribution in [-0.4, -0.2) is 42.2 Å². The van der Waals surface area contributed by atoms with Gasteiger partial charge in [-0.15, -0.1) is 0 Å². The second-order valence-corrected chi connectivity index (χ2v) is 12.2. The first kappa shape index (κ1) is 24.3. The van der Waals surface area contributed by atoms with Gasteiger partial charge in [0.25, 0.3) is 5.91 Å². The van der Waals surface area contributed by atoms with Gasteiger partial charge in [-0.05, 0) is 41.7 Å². The van der Waals surface area contributed by atoms with E-state index in [-0.39, 0.29) is 35.5 Å². The molecule has 2 aromatic carbocycles. The van der Waals surface area contributed by atoms with Crippen molar-refractivity contribution in [3.05, 3.63) is 65.2 Å². The quantitative estimate of drug-likeness (QED) is 0.520. The number of anilines is 1. The molecule has 1 aliphatic rings. The largest absolute Gasteiger partial charge is 0.484 e. The van der Waals surface area contributed by atoms with Gasteiger partial charge in [-0.25, -0.2) is 13.1 Å². The van der Waals surface area contributed by atoms with E-state index in [4.69, 9.17) is 16.3 Å². The van der Waals surface area contributed by atoms with Crippen LogP contribution in [0.25, 0.3) is 11.3 Å². The zero-order chi connectivity index (χ0) is 24.5. The highest BCUT2D eigenvalue weighted by Gasteiger charge is 2.32. The second kappa shape index (κ2) is 9.43. The van der Waals surface area contributed by atoms with Crippen LogP contribution in [0.3, 0.4) is 0 Å². The lowest BCUT2D eigenvalue weighted by Crippen LogP contribution is -2.23. The molecule has 4 rings (SSSR count). The number of ether oxygens (including phenoxy) is 1. The third-order valence-corrected chi connectivity index (χ3v) is 7.79. The number of hydrogen-bond donors (Lipinski definition) is 1. The topological polar surface area (TPSA) is 90.3 Å². The minimum Gasteiger partial charge on any atom is -0.484 e. The number of nitrogens with one attached hydrogen (secondary N) is 1. The Bertz CT molecular complexity index is 1280. The average molecular weight is 502 g/mol. The van der Waals surface area contributed by atoms with E-state index in [0.29, 0.717) is 28.7 Å². The van der Waals surface area contributed by atoms with Gasteiger partial charge in [-0.2, -0.15) is 5.10 Å². The van der Waals surface area contributed by atoms with Crippen LogP contribution < -0.4 is 10.1 Å². The van der Waals surface area contributed by atoms with Crippen molar-refractivity contribution in [3.8, 4) is 17.0 Å². The molecule has 1 saturated heterocycles. The summed E-state index contributed by atoms with van der Waals surface area (Å²) >= 11 is 5.99. The zero-order valence-electron chi connectivity index (χ0n) is 19.4. The summed E-state index contributed by atoms with van der Waals surface area (Å²) in [4.78, 5) is 12.7. The third-order valence-electron chi connectivity index (χ3n) is 5.79. The first-order valence-corrected chi connectivity index (χ1v) is 13.3. The first-order valence-electron chi connectivity index (χ1n) is 11.1. The van der Waals surface area contributed by atoms with Gasteiger partial charge in [0.05, 0.1) is 23.2 Å². The van der Waals surface area contributed by atoms with Crippen molar-refractivity contribution in [2.75, 3.05) is 23.4 Å². The standard InChI is InChI=1S/C25H28ClN3O4S/c1-25(2,3)18-6-10-21(11-7-18)33-15-24(30)27-23-14-22(17-4-8-19(26)9-5-17)28-29(23)20-12-13-34(31,32)16-20/h4-11,14,20H,12-13,15-16H2,1-3H3,(H,27,30)/t20-/m1/s1. The summed E-state index contributed by atoms with van der Waals surface area (Å²) in [5.41, 5.74) is 2.64. The first-order chi connectivity index (χ1) is 16.0. The predicted molar refractivity (Wildman–Crippen MR) is 134 cm³/mol. The van der Waals surface area contributed by atoms with Crippen molar-refractivity contribution in [1.29, 1.82) is 0 Å². The van der Waals surface area contributed by atoms with Crippen LogP contribution in [0, 0.1) is 0 Å². The second-order valence-electron chi connectivity index (χ2n) is 9.53. The fourth-order valence-electron chi connectivity index (χ4n) is 3.88. The highest BCUT2D eigenvalue weighted by Crippen LogP contribution is 2.31. The summed E-state index contributed by atoms with van der Waals surface area (Å²) < 4.78 is 31.3. The van der Waals surface area contributed by atoms with Gasteiger partial charge in [0.2, 0.25) is 0 Å². The van der Waals surface area contributed by atoms with Gasteiger partial charge in [-0.1, -0.05) is 56.6 Å². The number of rotatable bonds is 6. The van der Waals surface area contributed by atoms with Crippen molar-refractivity contribution in [3.63, 3.8) is 0 Å². The molecule has 0 aliphatic carbocycles. The smallest absolute Gasteiger partial charge is 0.263 e. The van der Waals surface area contributed by atoms with Crippen LogP contribution in [0.15, 0.2) is 54.6 Å². The van der Waals surface area contributed by atoms with E-state index in [9.17, 15) is 13.2 Å². The Kier molecular flexibility index (Phi) is 6.73. The molecule has 0 spiro atoms. The molecule has 3 aromatic rings. The van der Waals surface area contributed by atoms with Gasteiger partial charge in [0, 0.05) is 16.7 Å². The SMILES string of the molecule is CC(C)(C)c1ccc(OCC(=O)Nc2cc(-c3ccc(Cl)cc3)nn2[C@@H]2CCS(=O)(=O)C2)cc1. The molecule has 34 heavy (non-hydrogen) atoms. The predicted octanol–water partition coefficient (Wildman–Crippen LogP) is 4.88. The Balaban J connectivity index is 1.50. The fraction of sp³-hybridized carbons (Fsp3) is 0.360. The van der Waals surface area contributed by atoms with Gasteiger partial charge < -0.3 is 10.1 Å². The number of amides is 1. The molecular formula is C25H28ClN3O4S. The summed E-state index contributed by atoms with van der Waals surface area (Å²) in [7, 11) is -3.13. The third kappa shape index (κ3) is 5.80. The number of halogens is 1. The lowest BCUT2D eigenvalue weighted by molar-refractivity contribution is -0.118. The molecular weight excluding hydrogens is 474 g/mol. The van der Waals surface area contributed by atoms with Crippen molar-refractivity contribution in [2.45, 2.75) is 38.6 Å². The van der Waals surface area contributed by atoms with Crippen molar-refractivity contribution < 1.29 is 17.9 Å². The number of aromatic nitrogens is 2. The van der Waals surface area contributed by atoms with Crippen LogP contribution in [0.1, 0.15) is 38.8 Å². The summed E-state index contributed by atoms with van der Waals surface area (Å²) in [6, 6.07) is 16.2. The number of carbonyl (C=O) groups is 1. The van der Waals surface area contributed by atoms with E-state index in [2.05, 4.69) is 31.2 Å². The lowest BCUT2D eigenvalue weighted by atomic mass is 9.87. The summed E-state index contributed by atoms with van der Waals surface area (Å²) in [5, 5.41) is 8.06. The molecule has 180 valence electrons. The van der Waals surface area contributed by atoms with Gasteiger partial charge in [0.1, 0.15) is 11.6 Å². The number of hydrogen-bond acceptors (Lipinski definition) is 5. The molecule has 0 saturated carbocycles. The average Bonchev–Trinajstić information content (AvgIpc) is 3.35. The molecule has 1 amide bonds. The molecule has 1 aliphatic heterocycles. The number of benzene rings is 2. The van der Waals surface area contributed by atoms with Crippen LogP contribution in [0.4, 0.5) is 5.82 Å². The minimum atomic E-state index is -3.13. The van der Waals surface area contributed by atoms with E-state index in [1.54, 1.807) is 22.9 Å². The van der Waals surface area contributed by atoms with Gasteiger partial charge >= 0.3 is 0 Å². The maximum absolute atomic E-state index is 12.7. The minimum absolute atomic E-state index is 0.00572. The molecule has 1 N–H and O–H groups in total. The van der Waals surface area contributed by atoms with E-state index >= 15 is 0 Å². The molecule has 0 radical (unpaired) electrons. The van der Waals surface area contributed by atoms with Crippen molar-refractivity contribution >= 4 is 33.2 Å². The Morgan fingerprint density at radius 2 is 1.82 bits per heavy atom. The Morgan fingerprint density at radius 3 is 2.41 bits per heavy atom. The van der Waals surface area contributed by atoms with Gasteiger partial charge in [-0.3, -0.25) is 4.79 Å². The van der Waals surface area contributed by atoms with Gasteiger partial charge in [0.15, 0.2) is 16.4 Å². The number of sulfone groups is 1. The molecule has 1 aromatic heterocycles. The highest BCUT2D eigenvalue weighted by atomic mass is 35.5. The molecule has 0 bridgehead atoms. The molecule has 1 atom stereocenters. The molecule has 7 nitrogen and oxygen atoms in total. The molecule has 1 fully saturated rings. The van der Waals surface area contributed by atoms with Crippen molar-refractivity contribution in [1.82, 2.24) is 9.78 Å². The molecule has 0 unspecified atom stereocenters. The monoisotopic (exact) mass is 501 g/mol. The Morgan fingerprint density at radius 1 is 1.15 bits per heavy atom. The Labute approximate surface area is 205 Å². The van der Waals surface area contributed by atoms with E-state index < -0.39 is 9.84 Å². The van der Waals surface area contributed by atoms with E-state index in [0.717, 1.165) is 5.56 Å². The zero-order valence-corrected chi connectivity index (χ0v) is 21.0. The summed E-state index contributed by atoms with van der Waals surface area (Å²) in [6.07, 6.45) is 0.448. The van der Waals surface area contributed by atoms with Crippen LogP contribution in [0.2, 0.25) is 5.02 Å². The summed E-state index contributed by atoms with van der Waals surface area (Å²) in [5.74, 6) is 0.775. The highest BCUT2D eigenvalue weighted by molar-refractivity contribution is 7.91. The summed E-state index contributed by atoms with van der Waals surface area (Å²) in [6.45, 7) is 6.22. The van der Waals surface area contributed by atoms with Crippen LogP contribution >= 0.6 is 11.6 Å². The Hall–Kier alpha value is -2.84. The number of carbonyl (C=O) groups excluding carboxylic acids is 1. The van der Waals surface area contributed by atoms with E-state index in [1.165, 1.54) is 5.56 Å². The maximum atomic E-state index is 12.7. The van der Waals surface area contributed by atoms with Crippen LogP contribution in [-0.2, 0) is 20.0 Å². The van der Waals surface area contributed by atoms with Crippen molar-refractivity contribution in [2.24, 2.45) is 0 Å².